The van der Waals surface area contributed by atoms with Crippen molar-refractivity contribution in [3.05, 3.63) is 58.2 Å². The van der Waals surface area contributed by atoms with E-state index in [4.69, 9.17) is 16.3 Å². The van der Waals surface area contributed by atoms with Gasteiger partial charge in [0.1, 0.15) is 5.15 Å². The van der Waals surface area contributed by atoms with Crippen LogP contribution in [-0.4, -0.2) is 18.0 Å². The van der Waals surface area contributed by atoms with Crippen LogP contribution in [0, 0.1) is 6.92 Å². The maximum Gasteiger partial charge on any atom is 0.251 e. The van der Waals surface area contributed by atoms with Crippen LogP contribution in [0.3, 0.4) is 0 Å². The first kappa shape index (κ1) is 14.3. The van der Waals surface area contributed by atoms with Gasteiger partial charge in [0, 0.05) is 18.2 Å². The Hall–Kier alpha value is -2.07. The highest BCUT2D eigenvalue weighted by molar-refractivity contribution is 6.29. The van der Waals surface area contributed by atoms with Crippen LogP contribution < -0.4 is 10.1 Å². The standard InChI is InChI=1S/C15H15ClN2O2/c1-10-3-5-11(6-4-10)9-17-15(19)12-7-13(16)18-14(8-12)20-2/h3-8H,9H2,1-2H3,(H,17,19). The Labute approximate surface area is 122 Å². The van der Waals surface area contributed by atoms with Crippen molar-refractivity contribution in [3.8, 4) is 5.88 Å². The van der Waals surface area contributed by atoms with E-state index in [0.717, 1.165) is 5.56 Å². The zero-order valence-corrected chi connectivity index (χ0v) is 12.1. The molecule has 0 aliphatic heterocycles. The van der Waals surface area contributed by atoms with Gasteiger partial charge in [0.15, 0.2) is 0 Å². The van der Waals surface area contributed by atoms with Crippen molar-refractivity contribution in [2.45, 2.75) is 13.5 Å². The summed E-state index contributed by atoms with van der Waals surface area (Å²) in [6.07, 6.45) is 0. The lowest BCUT2D eigenvalue weighted by Crippen LogP contribution is -2.22. The number of carbonyl (C=O) groups excluding carboxylic acids is 1. The van der Waals surface area contributed by atoms with Crippen LogP contribution in [-0.2, 0) is 6.54 Å². The van der Waals surface area contributed by atoms with E-state index in [1.54, 1.807) is 6.07 Å². The fourth-order valence-electron chi connectivity index (χ4n) is 1.70. The molecule has 0 fully saturated rings. The third-order valence-corrected chi connectivity index (χ3v) is 3.01. The Morgan fingerprint density at radius 3 is 2.65 bits per heavy atom. The number of nitrogens with one attached hydrogen (secondary N) is 1. The van der Waals surface area contributed by atoms with Gasteiger partial charge in [-0.05, 0) is 18.6 Å². The van der Waals surface area contributed by atoms with Crippen molar-refractivity contribution in [1.82, 2.24) is 10.3 Å². The van der Waals surface area contributed by atoms with Crippen molar-refractivity contribution < 1.29 is 9.53 Å². The first-order chi connectivity index (χ1) is 9.58. The lowest BCUT2D eigenvalue weighted by molar-refractivity contribution is 0.0950. The number of pyridine rings is 1. The van der Waals surface area contributed by atoms with Crippen molar-refractivity contribution in [1.29, 1.82) is 0 Å². The first-order valence-electron chi connectivity index (χ1n) is 6.14. The highest BCUT2D eigenvalue weighted by Gasteiger charge is 2.09. The molecule has 4 nitrogen and oxygen atoms in total. The predicted octanol–water partition coefficient (Wildman–Crippen LogP) is 2.98. The monoisotopic (exact) mass is 290 g/mol. The molecule has 1 aromatic carbocycles. The van der Waals surface area contributed by atoms with Crippen molar-refractivity contribution >= 4 is 17.5 Å². The average Bonchev–Trinajstić information content (AvgIpc) is 2.45. The maximum atomic E-state index is 12.1. The number of hydrogen-bond acceptors (Lipinski definition) is 3. The van der Waals surface area contributed by atoms with Crippen molar-refractivity contribution in [2.24, 2.45) is 0 Å². The zero-order valence-electron chi connectivity index (χ0n) is 11.3. The molecule has 20 heavy (non-hydrogen) atoms. The molecule has 0 spiro atoms. The molecule has 1 N–H and O–H groups in total. The summed E-state index contributed by atoms with van der Waals surface area (Å²) in [6, 6.07) is 11.0. The molecule has 0 unspecified atom stereocenters. The number of ether oxygens (including phenoxy) is 1. The number of benzene rings is 1. The minimum Gasteiger partial charge on any atom is -0.481 e. The van der Waals surface area contributed by atoms with E-state index in [1.165, 1.54) is 18.7 Å². The number of carbonyl (C=O) groups is 1. The Kier molecular flexibility index (Phi) is 4.58. The first-order valence-corrected chi connectivity index (χ1v) is 6.51. The summed E-state index contributed by atoms with van der Waals surface area (Å²) >= 11 is 5.84. The van der Waals surface area contributed by atoms with Gasteiger partial charge in [0.2, 0.25) is 5.88 Å². The van der Waals surface area contributed by atoms with Gasteiger partial charge in [-0.1, -0.05) is 41.4 Å². The summed E-state index contributed by atoms with van der Waals surface area (Å²) < 4.78 is 4.99. The van der Waals surface area contributed by atoms with Gasteiger partial charge in [0.25, 0.3) is 5.91 Å². The number of methoxy groups -OCH3 is 1. The molecule has 0 saturated heterocycles. The van der Waals surface area contributed by atoms with Gasteiger partial charge in [-0.2, -0.15) is 0 Å². The van der Waals surface area contributed by atoms with Crippen molar-refractivity contribution in [2.75, 3.05) is 7.11 Å². The summed E-state index contributed by atoms with van der Waals surface area (Å²) in [6.45, 7) is 2.48. The number of aromatic nitrogens is 1. The van der Waals surface area contributed by atoms with E-state index in [9.17, 15) is 4.79 Å². The van der Waals surface area contributed by atoms with Crippen LogP contribution in [0.15, 0.2) is 36.4 Å². The minimum absolute atomic E-state index is 0.215. The Balaban J connectivity index is 2.04. The highest BCUT2D eigenvalue weighted by Crippen LogP contribution is 2.16. The molecular weight excluding hydrogens is 276 g/mol. The molecule has 1 amide bonds. The number of rotatable bonds is 4. The van der Waals surface area contributed by atoms with Gasteiger partial charge >= 0.3 is 0 Å². The van der Waals surface area contributed by atoms with Crippen molar-refractivity contribution in [3.63, 3.8) is 0 Å². The Morgan fingerprint density at radius 2 is 2.00 bits per heavy atom. The number of hydrogen-bond donors (Lipinski definition) is 1. The van der Waals surface area contributed by atoms with Crippen LogP contribution in [0.4, 0.5) is 0 Å². The van der Waals surface area contributed by atoms with E-state index in [0.29, 0.717) is 18.0 Å². The van der Waals surface area contributed by atoms with Gasteiger partial charge in [-0.15, -0.1) is 0 Å². The normalized spacial score (nSPS) is 10.2. The molecule has 0 aliphatic rings. The summed E-state index contributed by atoms with van der Waals surface area (Å²) in [7, 11) is 1.48. The minimum atomic E-state index is -0.215. The summed E-state index contributed by atoms with van der Waals surface area (Å²) in [4.78, 5) is 16.0. The largest absolute Gasteiger partial charge is 0.481 e. The van der Waals surface area contributed by atoms with Crippen LogP contribution in [0.2, 0.25) is 5.15 Å². The average molecular weight is 291 g/mol. The highest BCUT2D eigenvalue weighted by atomic mass is 35.5. The fourth-order valence-corrected chi connectivity index (χ4v) is 1.90. The Morgan fingerprint density at radius 1 is 1.30 bits per heavy atom. The van der Waals surface area contributed by atoms with Crippen LogP contribution in [0.25, 0.3) is 0 Å². The zero-order chi connectivity index (χ0) is 14.5. The topological polar surface area (TPSA) is 51.2 Å². The predicted molar refractivity (Wildman–Crippen MR) is 78.1 cm³/mol. The molecule has 104 valence electrons. The number of aryl methyl sites for hydroxylation is 1. The van der Waals surface area contributed by atoms with E-state index < -0.39 is 0 Å². The second-order valence-corrected chi connectivity index (χ2v) is 4.78. The number of amides is 1. The SMILES string of the molecule is COc1cc(C(=O)NCc2ccc(C)cc2)cc(Cl)n1. The van der Waals surface area contributed by atoms with E-state index in [1.807, 2.05) is 31.2 Å². The molecule has 1 aromatic heterocycles. The summed E-state index contributed by atoms with van der Waals surface area (Å²) in [5.41, 5.74) is 2.65. The quantitative estimate of drug-likeness (QED) is 0.881. The smallest absolute Gasteiger partial charge is 0.251 e. The molecule has 2 rings (SSSR count). The molecular formula is C15H15ClN2O2. The Bertz CT molecular complexity index is 612. The molecule has 5 heteroatoms. The molecule has 0 radical (unpaired) electrons. The molecule has 0 saturated carbocycles. The second-order valence-electron chi connectivity index (χ2n) is 4.39. The van der Waals surface area contributed by atoms with Gasteiger partial charge in [0.05, 0.1) is 7.11 Å². The van der Waals surface area contributed by atoms with E-state index in [-0.39, 0.29) is 11.1 Å². The van der Waals surface area contributed by atoms with Crippen LogP contribution in [0.5, 0.6) is 5.88 Å². The van der Waals surface area contributed by atoms with Crippen LogP contribution >= 0.6 is 11.6 Å². The fraction of sp³-hybridized carbons (Fsp3) is 0.200. The molecule has 0 atom stereocenters. The number of nitrogens with zero attached hydrogens (tertiary/aromatic N) is 1. The third-order valence-electron chi connectivity index (χ3n) is 2.82. The second kappa shape index (κ2) is 6.39. The van der Waals surface area contributed by atoms with Gasteiger partial charge in [-0.3, -0.25) is 4.79 Å². The molecule has 0 bridgehead atoms. The molecule has 1 heterocycles. The molecule has 0 aliphatic carbocycles. The van der Waals surface area contributed by atoms with Crippen LogP contribution in [0.1, 0.15) is 21.5 Å². The van der Waals surface area contributed by atoms with Gasteiger partial charge in [-0.25, -0.2) is 4.98 Å². The van der Waals surface area contributed by atoms with Gasteiger partial charge < -0.3 is 10.1 Å². The third kappa shape index (κ3) is 3.71. The lowest BCUT2D eigenvalue weighted by atomic mass is 10.1. The summed E-state index contributed by atoms with van der Waals surface area (Å²) in [5.74, 6) is 0.103. The lowest BCUT2D eigenvalue weighted by Gasteiger charge is -2.07. The maximum absolute atomic E-state index is 12.1. The number of halogens is 1. The van der Waals surface area contributed by atoms with E-state index in [2.05, 4.69) is 10.3 Å². The van der Waals surface area contributed by atoms with E-state index >= 15 is 0 Å². The summed E-state index contributed by atoms with van der Waals surface area (Å²) in [5, 5.41) is 3.06. The molecule has 2 aromatic rings.